The highest BCUT2D eigenvalue weighted by atomic mass is 35.5. The van der Waals surface area contributed by atoms with E-state index < -0.39 is 12.1 Å². The zero-order chi connectivity index (χ0) is 21.0. The number of esters is 1. The van der Waals surface area contributed by atoms with Crippen molar-refractivity contribution in [1.29, 1.82) is 0 Å². The van der Waals surface area contributed by atoms with Crippen LogP contribution in [-0.4, -0.2) is 41.0 Å². The third-order valence-electron chi connectivity index (χ3n) is 4.93. The first kappa shape index (κ1) is 21.6. The lowest BCUT2D eigenvalue weighted by Gasteiger charge is -2.31. The summed E-state index contributed by atoms with van der Waals surface area (Å²) in [6, 6.07) is 7.03. The molecule has 8 heteroatoms. The highest BCUT2D eigenvalue weighted by Gasteiger charge is 2.28. The third-order valence-corrected chi connectivity index (χ3v) is 6.29. The lowest BCUT2D eigenvalue weighted by molar-refractivity contribution is -0.141. The monoisotopic (exact) mass is 436 g/mol. The second-order valence-electron chi connectivity index (χ2n) is 7.32. The maximum absolute atomic E-state index is 12.6. The molecule has 0 aliphatic carbocycles. The van der Waals surface area contributed by atoms with Crippen LogP contribution in [0.15, 0.2) is 24.3 Å². The number of aromatic nitrogens is 1. The van der Waals surface area contributed by atoms with Gasteiger partial charge in [-0.2, -0.15) is 0 Å². The predicted molar refractivity (Wildman–Crippen MR) is 112 cm³/mol. The fraction of sp³-hybridized carbons (Fsp3) is 0.476. The second kappa shape index (κ2) is 9.59. The van der Waals surface area contributed by atoms with Gasteiger partial charge in [0.1, 0.15) is 22.2 Å². The summed E-state index contributed by atoms with van der Waals surface area (Å²) >= 11 is 7.08. The van der Waals surface area contributed by atoms with Crippen LogP contribution in [0.3, 0.4) is 0 Å². The quantitative estimate of drug-likeness (QED) is 0.624. The number of aryl methyl sites for hydroxylation is 1. The van der Waals surface area contributed by atoms with Crippen LogP contribution >= 0.6 is 22.9 Å². The van der Waals surface area contributed by atoms with E-state index in [1.165, 1.54) is 11.3 Å². The number of rotatable bonds is 6. The molecule has 1 aromatic carbocycles. The van der Waals surface area contributed by atoms with Gasteiger partial charge in [0.2, 0.25) is 0 Å². The van der Waals surface area contributed by atoms with Gasteiger partial charge in [-0.1, -0.05) is 18.5 Å². The minimum atomic E-state index is -0.814. The minimum Gasteiger partial charge on any atom is -0.486 e. The van der Waals surface area contributed by atoms with E-state index >= 15 is 0 Å². The highest BCUT2D eigenvalue weighted by Crippen LogP contribution is 2.23. The Bertz CT molecular complexity index is 860. The van der Waals surface area contributed by atoms with Crippen molar-refractivity contribution in [2.75, 3.05) is 13.1 Å². The smallest absolute Gasteiger partial charge is 0.351 e. The Morgan fingerprint density at radius 1 is 1.28 bits per heavy atom. The summed E-state index contributed by atoms with van der Waals surface area (Å²) < 4.78 is 11.1. The molecule has 0 N–H and O–H groups in total. The Hall–Kier alpha value is -2.12. The fourth-order valence-corrected chi connectivity index (χ4v) is 4.12. The molecule has 0 spiro atoms. The molecule has 1 atom stereocenters. The van der Waals surface area contributed by atoms with Gasteiger partial charge in [-0.25, -0.2) is 9.78 Å². The van der Waals surface area contributed by atoms with Crippen molar-refractivity contribution < 1.29 is 19.1 Å². The van der Waals surface area contributed by atoms with Crippen LogP contribution in [0, 0.1) is 12.8 Å². The number of hydrogen-bond acceptors (Lipinski definition) is 6. The molecule has 6 nitrogen and oxygen atoms in total. The van der Waals surface area contributed by atoms with Crippen molar-refractivity contribution in [3.63, 3.8) is 0 Å². The first-order chi connectivity index (χ1) is 13.8. The molecule has 1 aliphatic heterocycles. The summed E-state index contributed by atoms with van der Waals surface area (Å²) in [6.07, 6.45) is 1.15. The maximum atomic E-state index is 12.6. The van der Waals surface area contributed by atoms with E-state index in [0.29, 0.717) is 45.4 Å². The lowest BCUT2D eigenvalue weighted by atomic mass is 9.99. The van der Waals surface area contributed by atoms with E-state index in [-0.39, 0.29) is 12.5 Å². The molecule has 156 valence electrons. The van der Waals surface area contributed by atoms with Crippen molar-refractivity contribution in [3.05, 3.63) is 44.9 Å². The molecule has 2 aromatic rings. The van der Waals surface area contributed by atoms with Crippen LogP contribution in [0.5, 0.6) is 5.75 Å². The number of hydrogen-bond donors (Lipinski definition) is 0. The number of benzene rings is 1. The van der Waals surface area contributed by atoms with Crippen LogP contribution in [0.4, 0.5) is 0 Å². The van der Waals surface area contributed by atoms with Gasteiger partial charge in [-0.3, -0.25) is 4.79 Å². The van der Waals surface area contributed by atoms with Gasteiger partial charge >= 0.3 is 5.97 Å². The van der Waals surface area contributed by atoms with Crippen molar-refractivity contribution in [2.24, 2.45) is 5.92 Å². The average molecular weight is 437 g/mol. The Kier molecular flexibility index (Phi) is 7.14. The SMILES string of the molecule is Cc1nc(COc2ccc(Cl)cc2)sc1C(=O)O[C@H](C)C(=O)N1CCC(C)CC1. The molecule has 1 saturated heterocycles. The van der Waals surface area contributed by atoms with Gasteiger partial charge < -0.3 is 14.4 Å². The first-order valence-corrected chi connectivity index (χ1v) is 10.9. The van der Waals surface area contributed by atoms with Crippen LogP contribution in [0.2, 0.25) is 5.02 Å². The van der Waals surface area contributed by atoms with Gasteiger partial charge in [-0.05, 0) is 56.9 Å². The van der Waals surface area contributed by atoms with Crippen molar-refractivity contribution in [1.82, 2.24) is 9.88 Å². The molecule has 0 unspecified atom stereocenters. The summed E-state index contributed by atoms with van der Waals surface area (Å²) in [7, 11) is 0. The topological polar surface area (TPSA) is 68.7 Å². The molecule has 3 rings (SSSR count). The van der Waals surface area contributed by atoms with Crippen molar-refractivity contribution in [3.8, 4) is 5.75 Å². The Balaban J connectivity index is 1.56. The Labute approximate surface area is 179 Å². The second-order valence-corrected chi connectivity index (χ2v) is 8.84. The number of likely N-dealkylation sites (tertiary alicyclic amines) is 1. The first-order valence-electron chi connectivity index (χ1n) is 9.68. The molecule has 0 bridgehead atoms. The molecule has 0 radical (unpaired) electrons. The normalized spacial score (nSPS) is 15.8. The number of thiazole rings is 1. The standard InChI is InChI=1S/C21H25ClN2O4S/c1-13-8-10-24(11-9-13)20(25)15(3)28-21(26)19-14(2)23-18(29-19)12-27-17-6-4-16(22)5-7-17/h4-7,13,15H,8-12H2,1-3H3/t15-/m1/s1. The van der Waals surface area contributed by atoms with E-state index in [2.05, 4.69) is 11.9 Å². The molecule has 2 heterocycles. The van der Waals surface area contributed by atoms with E-state index in [0.717, 1.165) is 12.8 Å². The van der Waals surface area contributed by atoms with E-state index in [9.17, 15) is 9.59 Å². The number of nitrogens with zero attached hydrogens (tertiary/aromatic N) is 2. The zero-order valence-corrected chi connectivity index (χ0v) is 18.4. The van der Waals surface area contributed by atoms with Gasteiger partial charge in [0.05, 0.1) is 5.69 Å². The summed E-state index contributed by atoms with van der Waals surface area (Å²) in [5.74, 6) is 0.634. The minimum absolute atomic E-state index is 0.140. The Morgan fingerprint density at radius 2 is 1.93 bits per heavy atom. The number of halogens is 1. The molecule has 1 aromatic heterocycles. The van der Waals surface area contributed by atoms with Gasteiger partial charge in [0.25, 0.3) is 5.91 Å². The number of carbonyl (C=O) groups is 2. The largest absolute Gasteiger partial charge is 0.486 e. The van der Waals surface area contributed by atoms with Crippen LogP contribution in [0.25, 0.3) is 0 Å². The summed E-state index contributed by atoms with van der Waals surface area (Å²) in [5.41, 5.74) is 0.571. The third kappa shape index (κ3) is 5.70. The molecular weight excluding hydrogens is 412 g/mol. The zero-order valence-electron chi connectivity index (χ0n) is 16.8. The molecule has 0 saturated carbocycles. The van der Waals surface area contributed by atoms with Gasteiger partial charge in [0.15, 0.2) is 6.10 Å². The summed E-state index contributed by atoms with van der Waals surface area (Å²) in [4.78, 5) is 31.7. The van der Waals surface area contributed by atoms with Crippen LogP contribution < -0.4 is 4.74 Å². The van der Waals surface area contributed by atoms with Crippen LogP contribution in [-0.2, 0) is 16.1 Å². The number of piperidine rings is 1. The Morgan fingerprint density at radius 3 is 2.59 bits per heavy atom. The predicted octanol–water partition coefficient (Wildman–Crippen LogP) is 4.49. The number of carbonyl (C=O) groups excluding carboxylic acids is 2. The molecule has 1 fully saturated rings. The van der Waals surface area contributed by atoms with E-state index in [1.54, 1.807) is 43.0 Å². The van der Waals surface area contributed by atoms with Crippen molar-refractivity contribution >= 4 is 34.8 Å². The molecule has 29 heavy (non-hydrogen) atoms. The molecule has 1 aliphatic rings. The lowest BCUT2D eigenvalue weighted by Crippen LogP contribution is -2.44. The van der Waals surface area contributed by atoms with Gasteiger partial charge in [0, 0.05) is 18.1 Å². The summed E-state index contributed by atoms with van der Waals surface area (Å²) in [6.45, 7) is 7.23. The highest BCUT2D eigenvalue weighted by molar-refractivity contribution is 7.13. The number of ether oxygens (including phenoxy) is 2. The molecular formula is C21H25ClN2O4S. The van der Waals surface area contributed by atoms with E-state index in [1.807, 2.05) is 0 Å². The average Bonchev–Trinajstić information content (AvgIpc) is 3.08. The van der Waals surface area contributed by atoms with E-state index in [4.69, 9.17) is 21.1 Å². The van der Waals surface area contributed by atoms with Crippen molar-refractivity contribution in [2.45, 2.75) is 46.3 Å². The fourth-order valence-electron chi connectivity index (χ4n) is 3.13. The van der Waals surface area contributed by atoms with Crippen LogP contribution in [0.1, 0.15) is 47.1 Å². The number of amides is 1. The van der Waals surface area contributed by atoms with Gasteiger partial charge in [-0.15, -0.1) is 11.3 Å². The maximum Gasteiger partial charge on any atom is 0.351 e. The summed E-state index contributed by atoms with van der Waals surface area (Å²) in [5, 5.41) is 1.30. The molecule has 1 amide bonds.